The Labute approximate surface area is 165 Å². The Bertz CT molecular complexity index is 872. The molecule has 7 nitrogen and oxygen atoms in total. The summed E-state index contributed by atoms with van der Waals surface area (Å²) in [6, 6.07) is 3.93. The first-order valence-corrected chi connectivity index (χ1v) is 8.87. The third kappa shape index (κ3) is 7.40. The Balaban J connectivity index is 1.95. The van der Waals surface area contributed by atoms with Crippen LogP contribution in [0.1, 0.15) is 42.6 Å². The number of alkyl halides is 2. The van der Waals surface area contributed by atoms with Crippen LogP contribution in [0.4, 0.5) is 19.0 Å². The molecule has 2 rings (SSSR count). The van der Waals surface area contributed by atoms with E-state index in [9.17, 15) is 22.8 Å². The minimum absolute atomic E-state index is 0.0488. The highest BCUT2D eigenvalue weighted by Gasteiger charge is 2.23. The molecule has 156 valence electrons. The Morgan fingerprint density at radius 1 is 1.24 bits per heavy atom. The van der Waals surface area contributed by atoms with Crippen LogP contribution in [0.3, 0.4) is 0 Å². The quantitative estimate of drug-likeness (QED) is 0.662. The predicted octanol–water partition coefficient (Wildman–Crippen LogP) is 3.32. The number of pyridine rings is 2. The fourth-order valence-electron chi connectivity index (χ4n) is 2.22. The summed E-state index contributed by atoms with van der Waals surface area (Å²) >= 11 is 0. The second-order valence-corrected chi connectivity index (χ2v) is 6.40. The van der Waals surface area contributed by atoms with Gasteiger partial charge in [0.25, 0.3) is 17.7 Å². The number of hydrogen-bond donors (Lipinski definition) is 2. The van der Waals surface area contributed by atoms with Crippen molar-refractivity contribution < 1.29 is 27.5 Å². The Hall–Kier alpha value is -3.17. The van der Waals surface area contributed by atoms with E-state index in [1.165, 1.54) is 24.5 Å². The van der Waals surface area contributed by atoms with E-state index in [0.29, 0.717) is 25.3 Å². The number of nitrogens with one attached hydrogen (secondary N) is 2. The SMILES string of the molecule is CCCC(=O)Nc1cc(C(=O)NCc2cnc(OCC(C)(F)F)c(F)c2)ccn1. The second kappa shape index (κ2) is 9.85. The number of ether oxygens (including phenoxy) is 1. The molecule has 0 atom stereocenters. The number of amides is 2. The van der Waals surface area contributed by atoms with Crippen molar-refractivity contribution in [2.75, 3.05) is 11.9 Å². The van der Waals surface area contributed by atoms with Crippen LogP contribution >= 0.6 is 0 Å². The van der Waals surface area contributed by atoms with Gasteiger partial charge in [-0.05, 0) is 30.2 Å². The van der Waals surface area contributed by atoms with E-state index in [2.05, 4.69) is 25.3 Å². The van der Waals surface area contributed by atoms with Gasteiger partial charge in [-0.25, -0.2) is 23.1 Å². The Morgan fingerprint density at radius 2 is 2.00 bits per heavy atom. The molecule has 0 unspecified atom stereocenters. The molecule has 0 saturated heterocycles. The molecule has 0 saturated carbocycles. The van der Waals surface area contributed by atoms with Crippen LogP contribution in [0.15, 0.2) is 30.6 Å². The van der Waals surface area contributed by atoms with E-state index in [0.717, 1.165) is 6.07 Å². The van der Waals surface area contributed by atoms with Gasteiger partial charge in [-0.1, -0.05) is 6.92 Å². The second-order valence-electron chi connectivity index (χ2n) is 6.40. The van der Waals surface area contributed by atoms with Crippen molar-refractivity contribution in [1.29, 1.82) is 0 Å². The molecule has 2 aromatic rings. The largest absolute Gasteiger partial charge is 0.469 e. The Kier molecular flexibility index (Phi) is 7.52. The lowest BCUT2D eigenvalue weighted by atomic mass is 10.2. The van der Waals surface area contributed by atoms with Crippen LogP contribution in [-0.2, 0) is 11.3 Å². The summed E-state index contributed by atoms with van der Waals surface area (Å²) in [7, 11) is 0. The maximum Gasteiger partial charge on any atom is 0.278 e. The van der Waals surface area contributed by atoms with Crippen LogP contribution in [-0.4, -0.2) is 34.3 Å². The molecule has 0 radical (unpaired) electrons. The smallest absolute Gasteiger partial charge is 0.278 e. The number of rotatable bonds is 9. The summed E-state index contributed by atoms with van der Waals surface area (Å²) in [5.74, 6) is -4.99. The van der Waals surface area contributed by atoms with E-state index in [-0.39, 0.29) is 23.8 Å². The molecular weight excluding hydrogens is 389 g/mol. The normalized spacial score (nSPS) is 11.1. The van der Waals surface area contributed by atoms with Gasteiger partial charge in [0.2, 0.25) is 5.91 Å². The average molecular weight is 410 g/mol. The van der Waals surface area contributed by atoms with Gasteiger partial charge < -0.3 is 15.4 Å². The highest BCUT2D eigenvalue weighted by Crippen LogP contribution is 2.18. The van der Waals surface area contributed by atoms with E-state index in [4.69, 9.17) is 0 Å². The maximum absolute atomic E-state index is 13.9. The summed E-state index contributed by atoms with van der Waals surface area (Å²) in [4.78, 5) is 31.5. The van der Waals surface area contributed by atoms with E-state index >= 15 is 0 Å². The maximum atomic E-state index is 13.9. The summed E-state index contributed by atoms with van der Waals surface area (Å²) in [5.41, 5.74) is 0.572. The third-order valence-electron chi connectivity index (χ3n) is 3.55. The fraction of sp³-hybridized carbons (Fsp3) is 0.368. The van der Waals surface area contributed by atoms with Crippen molar-refractivity contribution in [3.05, 3.63) is 47.5 Å². The van der Waals surface area contributed by atoms with Gasteiger partial charge in [0, 0.05) is 37.8 Å². The van der Waals surface area contributed by atoms with Gasteiger partial charge >= 0.3 is 0 Å². The molecule has 2 aromatic heterocycles. The number of aromatic nitrogens is 2. The van der Waals surface area contributed by atoms with Crippen LogP contribution in [0.25, 0.3) is 0 Å². The molecule has 0 aliphatic rings. The van der Waals surface area contributed by atoms with Crippen molar-refractivity contribution in [3.63, 3.8) is 0 Å². The molecule has 2 amide bonds. The number of nitrogens with zero attached hydrogens (tertiary/aromatic N) is 2. The number of carbonyl (C=O) groups is 2. The minimum atomic E-state index is -3.11. The predicted molar refractivity (Wildman–Crippen MR) is 99.3 cm³/mol. The van der Waals surface area contributed by atoms with Gasteiger partial charge in [-0.3, -0.25) is 9.59 Å². The minimum Gasteiger partial charge on any atom is -0.469 e. The van der Waals surface area contributed by atoms with Crippen molar-refractivity contribution in [1.82, 2.24) is 15.3 Å². The zero-order chi connectivity index (χ0) is 21.4. The summed E-state index contributed by atoms with van der Waals surface area (Å²) in [6.07, 6.45) is 3.62. The van der Waals surface area contributed by atoms with E-state index < -0.39 is 30.1 Å². The summed E-state index contributed by atoms with van der Waals surface area (Å²) < 4.78 is 44.1. The van der Waals surface area contributed by atoms with Gasteiger partial charge in [-0.2, -0.15) is 0 Å². The van der Waals surface area contributed by atoms with Gasteiger partial charge in [0.05, 0.1) is 0 Å². The number of hydrogen-bond acceptors (Lipinski definition) is 5. The monoisotopic (exact) mass is 410 g/mol. The van der Waals surface area contributed by atoms with Crippen molar-refractivity contribution in [2.45, 2.75) is 39.2 Å². The zero-order valence-electron chi connectivity index (χ0n) is 16.0. The van der Waals surface area contributed by atoms with Crippen molar-refractivity contribution in [2.24, 2.45) is 0 Å². The molecule has 10 heteroatoms. The summed E-state index contributed by atoms with van der Waals surface area (Å²) in [6.45, 7) is 1.47. The number of halogens is 3. The lowest BCUT2D eigenvalue weighted by Gasteiger charge is -2.12. The first-order valence-electron chi connectivity index (χ1n) is 8.87. The van der Waals surface area contributed by atoms with Crippen LogP contribution in [0.2, 0.25) is 0 Å². The summed E-state index contributed by atoms with van der Waals surface area (Å²) in [5, 5.41) is 5.17. The fourth-order valence-corrected chi connectivity index (χ4v) is 2.22. The molecule has 2 heterocycles. The highest BCUT2D eigenvalue weighted by molar-refractivity contribution is 5.96. The molecular formula is C19H21F3N4O3. The topological polar surface area (TPSA) is 93.2 Å². The molecule has 0 aromatic carbocycles. The van der Waals surface area contributed by atoms with Crippen LogP contribution < -0.4 is 15.4 Å². The molecule has 0 fully saturated rings. The first-order chi connectivity index (χ1) is 13.7. The van der Waals surface area contributed by atoms with Gasteiger partial charge in [-0.15, -0.1) is 0 Å². The standard InChI is InChI=1S/C19H21F3N4O3/c1-3-4-16(27)26-15-8-13(5-6-23-15)17(28)24-9-12-7-14(20)18(25-10-12)29-11-19(2,21)22/h5-8,10H,3-4,9,11H2,1-2H3,(H,24,28)(H,23,26,27). The molecule has 2 N–H and O–H groups in total. The number of carbonyl (C=O) groups excluding carboxylic acids is 2. The van der Waals surface area contributed by atoms with Crippen molar-refractivity contribution >= 4 is 17.6 Å². The highest BCUT2D eigenvalue weighted by atomic mass is 19.3. The average Bonchev–Trinajstić information content (AvgIpc) is 2.65. The van der Waals surface area contributed by atoms with E-state index in [1.807, 2.05) is 6.92 Å². The van der Waals surface area contributed by atoms with E-state index in [1.54, 1.807) is 0 Å². The Morgan fingerprint density at radius 3 is 2.66 bits per heavy atom. The first kappa shape index (κ1) is 22.1. The lowest BCUT2D eigenvalue weighted by molar-refractivity contribution is -0.116. The third-order valence-corrected chi connectivity index (χ3v) is 3.55. The number of anilines is 1. The molecule has 0 bridgehead atoms. The van der Waals surface area contributed by atoms with Crippen LogP contribution in [0, 0.1) is 5.82 Å². The molecule has 0 aliphatic carbocycles. The molecule has 0 aliphatic heterocycles. The molecule has 29 heavy (non-hydrogen) atoms. The lowest BCUT2D eigenvalue weighted by Crippen LogP contribution is -2.24. The zero-order valence-corrected chi connectivity index (χ0v) is 16.0. The van der Waals surface area contributed by atoms with Gasteiger partial charge in [0.1, 0.15) is 5.82 Å². The molecule has 0 spiro atoms. The van der Waals surface area contributed by atoms with Crippen molar-refractivity contribution in [3.8, 4) is 5.88 Å². The van der Waals surface area contributed by atoms with Gasteiger partial charge in [0.15, 0.2) is 12.4 Å². The van der Waals surface area contributed by atoms with Crippen LogP contribution in [0.5, 0.6) is 5.88 Å².